The van der Waals surface area contributed by atoms with Crippen LogP contribution in [0.5, 0.6) is 0 Å². The van der Waals surface area contributed by atoms with Crippen molar-refractivity contribution in [3.8, 4) is 11.5 Å². The lowest BCUT2D eigenvalue weighted by atomic mass is 9.64. The molecule has 5 rings (SSSR count). The Hall–Kier alpha value is -1.99. The maximum atomic E-state index is 12.9. The molecule has 7 nitrogen and oxygen atoms in total. The Labute approximate surface area is 188 Å². The van der Waals surface area contributed by atoms with E-state index in [9.17, 15) is 4.79 Å². The highest BCUT2D eigenvalue weighted by Crippen LogP contribution is 2.47. The predicted molar refractivity (Wildman–Crippen MR) is 120 cm³/mol. The molecule has 166 valence electrons. The van der Waals surface area contributed by atoms with E-state index in [1.54, 1.807) is 0 Å². The maximum absolute atomic E-state index is 12.9. The highest BCUT2D eigenvalue weighted by Gasteiger charge is 2.48. The minimum atomic E-state index is -0.498. The number of carbonyl (C=O) groups excluding carboxylic acids is 1. The first-order chi connectivity index (χ1) is 15.0. The van der Waals surface area contributed by atoms with E-state index in [1.807, 2.05) is 6.07 Å². The molecule has 1 saturated carbocycles. The molecule has 0 radical (unpaired) electrons. The maximum Gasteiger partial charge on any atom is 0.185 e. The van der Waals surface area contributed by atoms with E-state index in [4.69, 9.17) is 21.1 Å². The first-order valence-corrected chi connectivity index (χ1v) is 11.9. The van der Waals surface area contributed by atoms with Gasteiger partial charge in [-0.15, -0.1) is 0 Å². The molecule has 8 heteroatoms. The van der Waals surface area contributed by atoms with Gasteiger partial charge in [-0.25, -0.2) is 9.97 Å². The molecule has 2 aromatic rings. The van der Waals surface area contributed by atoms with E-state index in [0.29, 0.717) is 34.9 Å². The third-order valence-corrected chi connectivity index (χ3v) is 7.47. The molecule has 0 bridgehead atoms. The number of carbonyl (C=O) groups is 1. The summed E-state index contributed by atoms with van der Waals surface area (Å²) >= 11 is 6.45. The van der Waals surface area contributed by atoms with Gasteiger partial charge in [0.25, 0.3) is 0 Å². The third-order valence-electron chi connectivity index (χ3n) is 7.28. The lowest BCUT2D eigenvalue weighted by Crippen LogP contribution is -2.41. The smallest absolute Gasteiger partial charge is 0.185 e. The Morgan fingerprint density at radius 1 is 1.13 bits per heavy atom. The molecule has 0 amide bonds. The molecule has 2 atom stereocenters. The van der Waals surface area contributed by atoms with Gasteiger partial charge < -0.3 is 14.3 Å². The van der Waals surface area contributed by atoms with Crippen molar-refractivity contribution < 1.29 is 9.32 Å². The number of aromatic nitrogens is 3. The summed E-state index contributed by atoms with van der Waals surface area (Å²) in [5.41, 5.74) is 1.15. The number of hydrogen-bond acceptors (Lipinski definition) is 7. The van der Waals surface area contributed by atoms with Gasteiger partial charge in [0, 0.05) is 37.2 Å². The standard InChI is InChI=1S/C23H30ClN5O2/c1-15-14-28(2)11-6-12-29(15)19-13-18(24)25-22(26-19)20-16-7-5-10-23(21(16)31-27-20)9-4-3-8-17(23)30/h13,15H,3-12,14H2,1-2H3/t15-,23+/m0/s1. The molecule has 3 heterocycles. The van der Waals surface area contributed by atoms with Gasteiger partial charge >= 0.3 is 0 Å². The molecule has 0 N–H and O–H groups in total. The van der Waals surface area contributed by atoms with E-state index < -0.39 is 5.41 Å². The van der Waals surface area contributed by atoms with Crippen molar-refractivity contribution >= 4 is 23.2 Å². The summed E-state index contributed by atoms with van der Waals surface area (Å²) < 4.78 is 5.87. The van der Waals surface area contributed by atoms with Crippen molar-refractivity contribution in [2.45, 2.75) is 69.7 Å². The van der Waals surface area contributed by atoms with Gasteiger partial charge in [0.05, 0.1) is 5.41 Å². The molecule has 31 heavy (non-hydrogen) atoms. The van der Waals surface area contributed by atoms with E-state index in [-0.39, 0.29) is 0 Å². The second-order valence-electron chi connectivity index (χ2n) is 9.44. The van der Waals surface area contributed by atoms with E-state index in [1.165, 1.54) is 0 Å². The van der Waals surface area contributed by atoms with Crippen LogP contribution in [-0.2, 0) is 16.6 Å². The van der Waals surface area contributed by atoms with Gasteiger partial charge in [0.15, 0.2) is 17.3 Å². The van der Waals surface area contributed by atoms with Crippen LogP contribution in [0.4, 0.5) is 5.82 Å². The predicted octanol–water partition coefficient (Wildman–Crippen LogP) is 4.03. The van der Waals surface area contributed by atoms with Crippen molar-refractivity contribution in [1.29, 1.82) is 0 Å². The van der Waals surface area contributed by atoms with Gasteiger partial charge in [-0.05, 0) is 59.0 Å². The van der Waals surface area contributed by atoms with Crippen molar-refractivity contribution in [2.24, 2.45) is 0 Å². The van der Waals surface area contributed by atoms with Gasteiger partial charge in [-0.3, -0.25) is 4.79 Å². The SMILES string of the molecule is C[C@H]1CN(C)CCCN1c1cc(Cl)nc(-c2noc3c2CCC[C@@]32CCCCC2=O)n1. The average Bonchev–Trinajstić information content (AvgIpc) is 3.10. The summed E-state index contributed by atoms with van der Waals surface area (Å²) in [7, 11) is 2.16. The Kier molecular flexibility index (Phi) is 5.51. The summed E-state index contributed by atoms with van der Waals surface area (Å²) in [6.45, 7) is 5.18. The third kappa shape index (κ3) is 3.65. The highest BCUT2D eigenvalue weighted by atomic mass is 35.5. The molecule has 1 spiro atoms. The van der Waals surface area contributed by atoms with Crippen molar-refractivity contribution in [3.05, 3.63) is 22.5 Å². The minimum absolute atomic E-state index is 0.303. The number of hydrogen-bond donors (Lipinski definition) is 0. The molecular formula is C23H30ClN5O2. The van der Waals surface area contributed by atoms with Crippen LogP contribution in [0.3, 0.4) is 0 Å². The lowest BCUT2D eigenvalue weighted by Gasteiger charge is -2.36. The fourth-order valence-electron chi connectivity index (χ4n) is 5.74. The monoisotopic (exact) mass is 443 g/mol. The van der Waals surface area contributed by atoms with Crippen LogP contribution in [0.15, 0.2) is 10.6 Å². The number of rotatable bonds is 2. The molecule has 3 aliphatic rings. The largest absolute Gasteiger partial charge is 0.359 e. The first-order valence-electron chi connectivity index (χ1n) is 11.5. The number of ketones is 1. The van der Waals surface area contributed by atoms with Gasteiger partial charge in [0.2, 0.25) is 0 Å². The molecule has 2 aliphatic carbocycles. The van der Waals surface area contributed by atoms with Crippen molar-refractivity contribution in [1.82, 2.24) is 20.0 Å². The second-order valence-corrected chi connectivity index (χ2v) is 9.82. The van der Waals surface area contributed by atoms with Crippen LogP contribution in [0.1, 0.15) is 63.2 Å². The summed E-state index contributed by atoms with van der Waals surface area (Å²) in [5, 5.41) is 4.79. The van der Waals surface area contributed by atoms with Crippen LogP contribution >= 0.6 is 11.6 Å². The Balaban J connectivity index is 1.54. The molecular weight excluding hydrogens is 414 g/mol. The highest BCUT2D eigenvalue weighted by molar-refractivity contribution is 6.29. The van der Waals surface area contributed by atoms with Crippen LogP contribution in [0.25, 0.3) is 11.5 Å². The summed E-state index contributed by atoms with van der Waals surface area (Å²) in [4.78, 5) is 27.0. The van der Waals surface area contributed by atoms with Crippen LogP contribution in [-0.4, -0.2) is 58.5 Å². The fourth-order valence-corrected chi connectivity index (χ4v) is 5.92. The molecule has 1 saturated heterocycles. The second kappa shape index (κ2) is 8.17. The van der Waals surface area contributed by atoms with Crippen LogP contribution < -0.4 is 4.90 Å². The summed E-state index contributed by atoms with van der Waals surface area (Å²) in [6.07, 6.45) is 7.23. The lowest BCUT2D eigenvalue weighted by molar-refractivity contribution is -0.128. The summed E-state index contributed by atoms with van der Waals surface area (Å²) in [6, 6.07) is 2.16. The zero-order chi connectivity index (χ0) is 21.6. The zero-order valence-electron chi connectivity index (χ0n) is 18.4. The number of nitrogens with zero attached hydrogens (tertiary/aromatic N) is 5. The van der Waals surface area contributed by atoms with E-state index in [0.717, 1.165) is 81.7 Å². The van der Waals surface area contributed by atoms with E-state index in [2.05, 4.69) is 33.9 Å². The zero-order valence-corrected chi connectivity index (χ0v) is 19.1. The molecule has 2 fully saturated rings. The van der Waals surface area contributed by atoms with Gasteiger partial charge in [-0.1, -0.05) is 23.2 Å². The Morgan fingerprint density at radius 3 is 2.81 bits per heavy atom. The summed E-state index contributed by atoms with van der Waals surface area (Å²) in [5.74, 6) is 2.39. The fraction of sp³-hybridized carbons (Fsp3) is 0.652. The molecule has 0 unspecified atom stereocenters. The normalized spacial score (nSPS) is 27.4. The minimum Gasteiger partial charge on any atom is -0.359 e. The number of likely N-dealkylation sites (N-methyl/N-ethyl adjacent to an activating group) is 1. The van der Waals surface area contributed by atoms with E-state index >= 15 is 0 Å². The Bertz CT molecular complexity index is 992. The molecule has 2 aromatic heterocycles. The van der Waals surface area contributed by atoms with Crippen LogP contribution in [0.2, 0.25) is 5.15 Å². The number of anilines is 1. The topological polar surface area (TPSA) is 75.4 Å². The quantitative estimate of drug-likeness (QED) is 0.648. The molecule has 0 aromatic carbocycles. The van der Waals surface area contributed by atoms with Crippen LogP contribution in [0, 0.1) is 0 Å². The number of Topliss-reactive ketones (excluding diaryl/α,β-unsaturated/α-hetero) is 1. The number of fused-ring (bicyclic) bond motifs is 2. The Morgan fingerprint density at radius 2 is 1.97 bits per heavy atom. The number of halogens is 1. The molecule has 1 aliphatic heterocycles. The van der Waals surface area contributed by atoms with Crippen molar-refractivity contribution in [2.75, 3.05) is 31.6 Å². The first kappa shape index (κ1) is 20.9. The van der Waals surface area contributed by atoms with Gasteiger partial charge in [0.1, 0.15) is 16.8 Å². The van der Waals surface area contributed by atoms with Gasteiger partial charge in [-0.2, -0.15) is 0 Å². The van der Waals surface area contributed by atoms with Crippen molar-refractivity contribution in [3.63, 3.8) is 0 Å². The average molecular weight is 444 g/mol.